The van der Waals surface area contributed by atoms with Crippen LogP contribution in [0.3, 0.4) is 0 Å². The number of unbranched alkanes of at least 4 members (excludes halogenated alkanes) is 10. The molecule has 0 aliphatic heterocycles. The van der Waals surface area contributed by atoms with E-state index in [1.165, 1.54) is 44.9 Å². The molecule has 0 aliphatic rings. The average molecular weight is 527 g/mol. The molecule has 0 spiro atoms. The van der Waals surface area contributed by atoms with Crippen LogP contribution in [-0.2, 0) is 33.9 Å². The quantitative estimate of drug-likeness (QED) is 0.109. The smallest absolute Gasteiger partial charge is 0.217 e. The van der Waals surface area contributed by atoms with Crippen molar-refractivity contribution in [1.82, 2.24) is 0 Å². The van der Waals surface area contributed by atoms with Gasteiger partial charge in [0.05, 0.1) is 19.8 Å². The lowest BCUT2D eigenvalue weighted by atomic mass is 10.1. The van der Waals surface area contributed by atoms with Gasteiger partial charge in [-0.1, -0.05) is 108 Å². The molecule has 11 heteroatoms. The van der Waals surface area contributed by atoms with E-state index in [2.05, 4.69) is 22.2 Å². The summed E-state index contributed by atoms with van der Waals surface area (Å²) in [6.45, 7) is 4.88. The predicted molar refractivity (Wildman–Crippen MR) is 136 cm³/mol. The lowest BCUT2D eigenvalue weighted by molar-refractivity contribution is 0.0939. The second kappa shape index (κ2) is 31.7. The van der Waals surface area contributed by atoms with Crippen LogP contribution in [0.4, 0.5) is 0 Å². The molecule has 0 heterocycles. The van der Waals surface area contributed by atoms with Gasteiger partial charge in [-0.2, -0.15) is 0 Å². The van der Waals surface area contributed by atoms with Crippen LogP contribution in [0.25, 0.3) is 0 Å². The number of ether oxygens (including phenoxy) is 1. The van der Waals surface area contributed by atoms with Crippen LogP contribution in [-0.4, -0.2) is 52.4 Å². The number of hydrogen-bond donors (Lipinski definition) is 0. The van der Waals surface area contributed by atoms with E-state index in [0.717, 1.165) is 25.7 Å². The van der Waals surface area contributed by atoms with Crippen molar-refractivity contribution < 1.29 is 39.0 Å². The summed E-state index contributed by atoms with van der Waals surface area (Å²) in [5.41, 5.74) is 0. The normalized spacial score (nSPS) is 10.4. The van der Waals surface area contributed by atoms with Crippen LogP contribution in [0.1, 0.15) is 121 Å². The lowest BCUT2D eigenvalue weighted by Crippen LogP contribution is -2.10. The Morgan fingerprint density at radius 2 is 0.818 bits per heavy atom. The van der Waals surface area contributed by atoms with Gasteiger partial charge < -0.3 is 13.8 Å². The van der Waals surface area contributed by atoms with E-state index in [1.807, 2.05) is 0 Å². The Hall–Kier alpha value is -0.300. The first-order chi connectivity index (χ1) is 13.6. The molecule has 0 aliphatic carbocycles. The summed E-state index contributed by atoms with van der Waals surface area (Å²) in [6, 6.07) is 0. The van der Waals surface area contributed by atoms with E-state index in [4.69, 9.17) is 4.74 Å². The highest BCUT2D eigenvalue weighted by Gasteiger charge is 1.96. The van der Waals surface area contributed by atoms with Crippen molar-refractivity contribution in [1.29, 1.82) is 0 Å². The van der Waals surface area contributed by atoms with E-state index in [1.54, 1.807) is 0 Å². The van der Waals surface area contributed by atoms with Crippen LogP contribution < -0.4 is 0 Å². The van der Waals surface area contributed by atoms with E-state index in [-0.39, 0.29) is 49.5 Å². The maximum atomic E-state index is 10.0. The predicted octanol–water partition coefficient (Wildman–Crippen LogP) is 6.21. The summed E-state index contributed by atoms with van der Waals surface area (Å²) in [6.07, 6.45) is 13.3. The van der Waals surface area contributed by atoms with E-state index in [9.17, 15) is 25.9 Å². The molecule has 0 unspecified atom stereocenters. The SMILES string of the molecule is C.C.C.C.CCCCCCCCOCCOS(=O)(=O)[O-].CCCCCCCCOS(=O)(=O)[O-]. The topological polar surface area (TPSA) is 142 Å². The molecular formula is C22H54O9S2-2. The maximum absolute atomic E-state index is 10.0. The Labute approximate surface area is 206 Å². The fourth-order valence-electron chi connectivity index (χ4n) is 2.32. The van der Waals surface area contributed by atoms with Gasteiger partial charge in [0, 0.05) is 6.61 Å². The lowest BCUT2D eigenvalue weighted by Gasteiger charge is -2.07. The molecule has 210 valence electrons. The van der Waals surface area contributed by atoms with Crippen molar-refractivity contribution in [2.24, 2.45) is 0 Å². The standard InChI is InChI=1S/C10H22O5S.C8H18O4S.4CH4/c1-2-3-4-5-6-7-8-14-9-10-15-16(11,12)13;1-2-3-4-5-6-7-8-12-13(9,10)11;;;;/h2-10H2,1H3,(H,11,12,13);2-8H2,1H3,(H,9,10,11);4*1H4/p-2. The van der Waals surface area contributed by atoms with Crippen LogP contribution >= 0.6 is 0 Å². The Kier molecular flexibility index (Phi) is 44.3. The molecule has 0 fully saturated rings. The number of rotatable bonds is 19. The van der Waals surface area contributed by atoms with Crippen LogP contribution in [0.5, 0.6) is 0 Å². The molecule has 0 amide bonds. The molecule has 0 aromatic carbocycles. The molecule has 0 atom stereocenters. The highest BCUT2D eigenvalue weighted by molar-refractivity contribution is 7.81. The first-order valence-corrected chi connectivity index (χ1v) is 13.1. The second-order valence-electron chi connectivity index (χ2n) is 6.61. The Balaban J connectivity index is -0.000000100. The highest BCUT2D eigenvalue weighted by Crippen LogP contribution is 2.06. The van der Waals surface area contributed by atoms with Gasteiger partial charge in [0.1, 0.15) is 0 Å². The Morgan fingerprint density at radius 3 is 1.21 bits per heavy atom. The van der Waals surface area contributed by atoms with Crippen molar-refractivity contribution in [2.45, 2.75) is 121 Å². The van der Waals surface area contributed by atoms with Crippen LogP contribution in [0, 0.1) is 0 Å². The van der Waals surface area contributed by atoms with E-state index >= 15 is 0 Å². The van der Waals surface area contributed by atoms with Gasteiger partial charge in [0.15, 0.2) is 0 Å². The monoisotopic (exact) mass is 526 g/mol. The van der Waals surface area contributed by atoms with Crippen molar-refractivity contribution in [3.8, 4) is 0 Å². The van der Waals surface area contributed by atoms with E-state index < -0.39 is 20.8 Å². The molecule has 0 aromatic rings. The molecule has 0 N–H and O–H groups in total. The minimum absolute atomic E-state index is 0. The Morgan fingerprint density at radius 1 is 0.485 bits per heavy atom. The van der Waals surface area contributed by atoms with Crippen molar-refractivity contribution in [2.75, 3.05) is 26.4 Å². The zero-order valence-electron chi connectivity index (χ0n) is 17.8. The fourth-order valence-corrected chi connectivity index (χ4v) is 2.92. The van der Waals surface area contributed by atoms with Crippen molar-refractivity contribution in [3.05, 3.63) is 0 Å². The zero-order chi connectivity index (χ0) is 22.4. The summed E-state index contributed by atoms with van der Waals surface area (Å²) in [4.78, 5) is 0. The van der Waals surface area contributed by atoms with Gasteiger partial charge in [-0.05, 0) is 12.8 Å². The third-order valence-electron chi connectivity index (χ3n) is 3.82. The summed E-state index contributed by atoms with van der Waals surface area (Å²) >= 11 is 0. The third kappa shape index (κ3) is 54.3. The number of hydrogen-bond acceptors (Lipinski definition) is 9. The summed E-state index contributed by atoms with van der Waals surface area (Å²) in [5, 5.41) is 0. The fraction of sp³-hybridized carbons (Fsp3) is 1.00. The first-order valence-electron chi connectivity index (χ1n) is 10.4. The average Bonchev–Trinajstić information content (AvgIpc) is 2.61. The van der Waals surface area contributed by atoms with Crippen LogP contribution in [0.2, 0.25) is 0 Å². The Bertz CT molecular complexity index is 536. The van der Waals surface area contributed by atoms with Gasteiger partial charge in [-0.25, -0.2) is 16.8 Å². The molecule has 33 heavy (non-hydrogen) atoms. The first kappa shape index (κ1) is 46.1. The molecule has 9 nitrogen and oxygen atoms in total. The zero-order valence-corrected chi connectivity index (χ0v) is 19.4. The summed E-state index contributed by atoms with van der Waals surface area (Å²) < 4.78 is 73.2. The molecule has 0 bridgehead atoms. The largest absolute Gasteiger partial charge is 0.726 e. The van der Waals surface area contributed by atoms with Crippen molar-refractivity contribution >= 4 is 20.8 Å². The molecule has 0 aromatic heterocycles. The molecule has 0 saturated heterocycles. The highest BCUT2D eigenvalue weighted by atomic mass is 32.3. The molecular weight excluding hydrogens is 472 g/mol. The van der Waals surface area contributed by atoms with Crippen LogP contribution in [0.15, 0.2) is 0 Å². The minimum atomic E-state index is -4.56. The molecule has 0 saturated carbocycles. The van der Waals surface area contributed by atoms with Crippen molar-refractivity contribution in [3.63, 3.8) is 0 Å². The molecule has 0 rings (SSSR count). The minimum Gasteiger partial charge on any atom is -0.726 e. The third-order valence-corrected chi connectivity index (χ3v) is 4.73. The van der Waals surface area contributed by atoms with Gasteiger partial charge in [-0.15, -0.1) is 0 Å². The summed E-state index contributed by atoms with van der Waals surface area (Å²) in [5.74, 6) is 0. The summed E-state index contributed by atoms with van der Waals surface area (Å²) in [7, 11) is -9.03. The molecule has 0 radical (unpaired) electrons. The maximum Gasteiger partial charge on any atom is 0.217 e. The van der Waals surface area contributed by atoms with E-state index in [0.29, 0.717) is 13.0 Å². The van der Waals surface area contributed by atoms with Gasteiger partial charge in [-0.3, -0.25) is 8.37 Å². The second-order valence-corrected chi connectivity index (χ2v) is 8.71. The van der Waals surface area contributed by atoms with Gasteiger partial charge in [0.2, 0.25) is 20.8 Å². The van der Waals surface area contributed by atoms with Gasteiger partial charge in [0.25, 0.3) is 0 Å². The van der Waals surface area contributed by atoms with Gasteiger partial charge >= 0.3 is 0 Å².